The van der Waals surface area contributed by atoms with Crippen molar-refractivity contribution in [1.29, 1.82) is 0 Å². The largest absolute Gasteiger partial charge is 0.330 e. The minimum atomic E-state index is -0.175. The SMILES string of the molecule is CN(CCc1ccc(F)cc1)C(C)(C)CCN. The molecule has 1 aromatic rings. The van der Waals surface area contributed by atoms with Gasteiger partial charge in [0.25, 0.3) is 0 Å². The number of likely N-dealkylation sites (N-methyl/N-ethyl adjacent to an activating group) is 1. The van der Waals surface area contributed by atoms with Crippen LogP contribution in [0.4, 0.5) is 4.39 Å². The molecule has 1 aromatic carbocycles. The Kier molecular flexibility index (Phi) is 5.09. The van der Waals surface area contributed by atoms with E-state index in [1.807, 2.05) is 12.1 Å². The molecular weight excluding hydrogens is 215 g/mol. The highest BCUT2D eigenvalue weighted by atomic mass is 19.1. The number of nitrogens with two attached hydrogens (primary N) is 1. The molecule has 0 aromatic heterocycles. The Labute approximate surface area is 104 Å². The molecule has 0 spiro atoms. The maximum absolute atomic E-state index is 12.8. The van der Waals surface area contributed by atoms with Crippen LogP contribution in [0.5, 0.6) is 0 Å². The van der Waals surface area contributed by atoms with E-state index in [0.717, 1.165) is 19.4 Å². The molecule has 2 N–H and O–H groups in total. The minimum absolute atomic E-state index is 0.120. The van der Waals surface area contributed by atoms with E-state index >= 15 is 0 Å². The number of benzene rings is 1. The average molecular weight is 238 g/mol. The van der Waals surface area contributed by atoms with Gasteiger partial charge in [-0.3, -0.25) is 0 Å². The lowest BCUT2D eigenvalue weighted by Gasteiger charge is -2.35. The van der Waals surface area contributed by atoms with E-state index in [2.05, 4.69) is 25.8 Å². The van der Waals surface area contributed by atoms with Crippen LogP contribution in [0, 0.1) is 5.82 Å². The highest BCUT2D eigenvalue weighted by Gasteiger charge is 2.21. The van der Waals surface area contributed by atoms with Crippen LogP contribution in [0.15, 0.2) is 24.3 Å². The van der Waals surface area contributed by atoms with E-state index in [0.29, 0.717) is 6.54 Å². The lowest BCUT2D eigenvalue weighted by atomic mass is 9.98. The first-order chi connectivity index (χ1) is 7.95. The van der Waals surface area contributed by atoms with Gasteiger partial charge in [-0.05, 0) is 58.0 Å². The Morgan fingerprint density at radius 1 is 1.24 bits per heavy atom. The Bertz CT molecular complexity index is 333. The normalized spacial score (nSPS) is 12.1. The molecule has 0 fully saturated rings. The second kappa shape index (κ2) is 6.12. The molecule has 0 aliphatic carbocycles. The first kappa shape index (κ1) is 14.1. The van der Waals surface area contributed by atoms with Crippen molar-refractivity contribution in [3.05, 3.63) is 35.6 Å². The minimum Gasteiger partial charge on any atom is -0.330 e. The fraction of sp³-hybridized carbons (Fsp3) is 0.571. The highest BCUT2D eigenvalue weighted by Crippen LogP contribution is 2.16. The third-order valence-electron chi connectivity index (χ3n) is 3.44. The summed E-state index contributed by atoms with van der Waals surface area (Å²) in [7, 11) is 2.11. The molecule has 0 aliphatic heterocycles. The lowest BCUT2D eigenvalue weighted by Crippen LogP contribution is -2.43. The fourth-order valence-corrected chi connectivity index (χ4v) is 1.79. The summed E-state index contributed by atoms with van der Waals surface area (Å²) in [4.78, 5) is 2.31. The maximum Gasteiger partial charge on any atom is 0.123 e. The summed E-state index contributed by atoms with van der Waals surface area (Å²) >= 11 is 0. The van der Waals surface area contributed by atoms with E-state index < -0.39 is 0 Å². The quantitative estimate of drug-likeness (QED) is 0.824. The third kappa shape index (κ3) is 4.44. The van der Waals surface area contributed by atoms with Crippen molar-refractivity contribution in [3.63, 3.8) is 0 Å². The Morgan fingerprint density at radius 3 is 2.35 bits per heavy atom. The molecule has 0 aliphatic rings. The standard InChI is InChI=1S/C14H23FN2/c1-14(2,9-10-16)17(3)11-8-12-4-6-13(15)7-5-12/h4-7H,8-11,16H2,1-3H3. The van der Waals surface area contributed by atoms with Gasteiger partial charge in [-0.1, -0.05) is 12.1 Å². The van der Waals surface area contributed by atoms with E-state index in [1.165, 1.54) is 17.7 Å². The third-order valence-corrected chi connectivity index (χ3v) is 3.44. The molecule has 17 heavy (non-hydrogen) atoms. The smallest absolute Gasteiger partial charge is 0.123 e. The van der Waals surface area contributed by atoms with Crippen molar-refractivity contribution in [2.75, 3.05) is 20.1 Å². The average Bonchev–Trinajstić information content (AvgIpc) is 2.27. The van der Waals surface area contributed by atoms with Crippen LogP contribution in [-0.2, 0) is 6.42 Å². The Hall–Kier alpha value is -0.930. The van der Waals surface area contributed by atoms with Crippen LogP contribution in [0.3, 0.4) is 0 Å². The molecule has 0 saturated carbocycles. The summed E-state index contributed by atoms with van der Waals surface area (Å²) < 4.78 is 12.8. The first-order valence-corrected chi connectivity index (χ1v) is 6.11. The molecule has 0 atom stereocenters. The van der Waals surface area contributed by atoms with Crippen LogP contribution in [0.2, 0.25) is 0 Å². The lowest BCUT2D eigenvalue weighted by molar-refractivity contribution is 0.150. The second-order valence-corrected chi connectivity index (χ2v) is 5.15. The number of nitrogens with zero attached hydrogens (tertiary/aromatic N) is 1. The topological polar surface area (TPSA) is 29.3 Å². The zero-order valence-electron chi connectivity index (χ0n) is 11.0. The molecule has 3 heteroatoms. The first-order valence-electron chi connectivity index (χ1n) is 6.11. The van der Waals surface area contributed by atoms with Gasteiger partial charge in [0.15, 0.2) is 0 Å². The van der Waals surface area contributed by atoms with Gasteiger partial charge < -0.3 is 10.6 Å². The zero-order chi connectivity index (χ0) is 12.9. The Balaban J connectivity index is 2.47. The number of hydrogen-bond donors (Lipinski definition) is 1. The van der Waals surface area contributed by atoms with E-state index in [4.69, 9.17) is 5.73 Å². The van der Waals surface area contributed by atoms with Gasteiger partial charge in [0.1, 0.15) is 5.82 Å². The van der Waals surface area contributed by atoms with Crippen molar-refractivity contribution >= 4 is 0 Å². The fourth-order valence-electron chi connectivity index (χ4n) is 1.79. The van der Waals surface area contributed by atoms with Gasteiger partial charge in [-0.2, -0.15) is 0 Å². The summed E-state index contributed by atoms with van der Waals surface area (Å²) in [6, 6.07) is 6.72. The molecule has 96 valence electrons. The van der Waals surface area contributed by atoms with Crippen molar-refractivity contribution in [1.82, 2.24) is 4.90 Å². The second-order valence-electron chi connectivity index (χ2n) is 5.15. The highest BCUT2D eigenvalue weighted by molar-refractivity contribution is 5.16. The van der Waals surface area contributed by atoms with Gasteiger partial charge >= 0.3 is 0 Å². The van der Waals surface area contributed by atoms with Gasteiger partial charge in [0.05, 0.1) is 0 Å². The van der Waals surface area contributed by atoms with Crippen molar-refractivity contribution in [3.8, 4) is 0 Å². The van der Waals surface area contributed by atoms with Gasteiger partial charge in [-0.25, -0.2) is 4.39 Å². The summed E-state index contributed by atoms with van der Waals surface area (Å²) in [5.74, 6) is -0.175. The van der Waals surface area contributed by atoms with Gasteiger partial charge in [0.2, 0.25) is 0 Å². The van der Waals surface area contributed by atoms with Gasteiger partial charge in [0, 0.05) is 12.1 Å². The molecule has 0 saturated heterocycles. The molecule has 0 amide bonds. The van der Waals surface area contributed by atoms with E-state index in [9.17, 15) is 4.39 Å². The predicted molar refractivity (Wildman–Crippen MR) is 70.5 cm³/mol. The molecule has 2 nitrogen and oxygen atoms in total. The number of hydrogen-bond acceptors (Lipinski definition) is 2. The zero-order valence-corrected chi connectivity index (χ0v) is 11.0. The maximum atomic E-state index is 12.8. The molecular formula is C14H23FN2. The molecule has 0 bridgehead atoms. The summed E-state index contributed by atoms with van der Waals surface area (Å²) in [5.41, 5.74) is 6.90. The van der Waals surface area contributed by atoms with Crippen molar-refractivity contribution in [2.45, 2.75) is 32.2 Å². The number of halogens is 1. The summed E-state index contributed by atoms with van der Waals surface area (Å²) in [5, 5.41) is 0. The molecule has 0 unspecified atom stereocenters. The van der Waals surface area contributed by atoms with Crippen LogP contribution >= 0.6 is 0 Å². The monoisotopic (exact) mass is 238 g/mol. The van der Waals surface area contributed by atoms with Crippen LogP contribution < -0.4 is 5.73 Å². The van der Waals surface area contributed by atoms with Crippen molar-refractivity contribution < 1.29 is 4.39 Å². The Morgan fingerprint density at radius 2 is 1.82 bits per heavy atom. The summed E-state index contributed by atoms with van der Waals surface area (Å²) in [6.45, 7) is 6.06. The van der Waals surface area contributed by atoms with Crippen LogP contribution in [0.25, 0.3) is 0 Å². The molecule has 0 radical (unpaired) electrons. The molecule has 1 rings (SSSR count). The van der Waals surface area contributed by atoms with E-state index in [1.54, 1.807) is 0 Å². The van der Waals surface area contributed by atoms with E-state index in [-0.39, 0.29) is 11.4 Å². The number of rotatable bonds is 6. The van der Waals surface area contributed by atoms with Crippen LogP contribution in [0.1, 0.15) is 25.8 Å². The van der Waals surface area contributed by atoms with Crippen LogP contribution in [-0.4, -0.2) is 30.6 Å². The predicted octanol–water partition coefficient (Wildman–Crippen LogP) is 2.43. The van der Waals surface area contributed by atoms with Gasteiger partial charge in [-0.15, -0.1) is 0 Å². The summed E-state index contributed by atoms with van der Waals surface area (Å²) in [6.07, 6.45) is 1.91. The molecule has 0 heterocycles. The van der Waals surface area contributed by atoms with Crippen molar-refractivity contribution in [2.24, 2.45) is 5.73 Å².